The Kier molecular flexibility index (Phi) is 7.24. The van der Waals surface area contributed by atoms with E-state index in [1.165, 1.54) is 14.2 Å². The van der Waals surface area contributed by atoms with E-state index in [4.69, 9.17) is 15.2 Å². The molecule has 0 amide bonds. The maximum atomic E-state index is 9.76. The molecule has 1 aromatic rings. The molecule has 3 N–H and O–H groups in total. The van der Waals surface area contributed by atoms with E-state index in [9.17, 15) is 5.11 Å². The van der Waals surface area contributed by atoms with E-state index in [1.54, 1.807) is 12.1 Å². The first-order chi connectivity index (χ1) is 8.13. The van der Waals surface area contributed by atoms with Gasteiger partial charge in [-0.05, 0) is 30.5 Å². The molecule has 0 aliphatic heterocycles. The van der Waals surface area contributed by atoms with Crippen molar-refractivity contribution in [3.05, 3.63) is 30.4 Å². The first-order valence-corrected chi connectivity index (χ1v) is 5.45. The maximum Gasteiger partial charge on any atom is 0.200 e. The zero-order valence-electron chi connectivity index (χ0n) is 10.7. The molecule has 0 aliphatic carbocycles. The highest BCUT2D eigenvalue weighted by Crippen LogP contribution is 2.38. The third-order valence-corrected chi connectivity index (χ3v) is 2.61. The third-order valence-electron chi connectivity index (χ3n) is 2.61. The Morgan fingerprint density at radius 3 is 2.22 bits per heavy atom. The van der Waals surface area contributed by atoms with Crippen molar-refractivity contribution in [2.45, 2.75) is 18.9 Å². The van der Waals surface area contributed by atoms with Crippen molar-refractivity contribution in [1.29, 1.82) is 0 Å². The Labute approximate surface area is 114 Å². The summed E-state index contributed by atoms with van der Waals surface area (Å²) < 4.78 is 10.2. The molecule has 0 saturated heterocycles. The van der Waals surface area contributed by atoms with Crippen LogP contribution in [0.3, 0.4) is 0 Å². The lowest BCUT2D eigenvalue weighted by Gasteiger charge is -2.15. The molecule has 0 spiro atoms. The lowest BCUT2D eigenvalue weighted by Crippen LogP contribution is -2.10. The fourth-order valence-corrected chi connectivity index (χ4v) is 1.59. The van der Waals surface area contributed by atoms with Crippen LogP contribution < -0.4 is 15.2 Å². The number of aromatic hydroxyl groups is 1. The van der Waals surface area contributed by atoms with Gasteiger partial charge in [-0.1, -0.05) is 6.08 Å². The van der Waals surface area contributed by atoms with Gasteiger partial charge in [0, 0.05) is 6.04 Å². The van der Waals surface area contributed by atoms with Gasteiger partial charge < -0.3 is 20.3 Å². The van der Waals surface area contributed by atoms with E-state index >= 15 is 0 Å². The van der Waals surface area contributed by atoms with Crippen molar-refractivity contribution < 1.29 is 14.6 Å². The smallest absolute Gasteiger partial charge is 0.200 e. The van der Waals surface area contributed by atoms with Gasteiger partial charge in [-0.3, -0.25) is 0 Å². The third kappa shape index (κ3) is 3.82. The quantitative estimate of drug-likeness (QED) is 0.782. The van der Waals surface area contributed by atoms with Gasteiger partial charge >= 0.3 is 0 Å². The van der Waals surface area contributed by atoms with Gasteiger partial charge in [0.15, 0.2) is 11.5 Å². The van der Waals surface area contributed by atoms with Crippen molar-refractivity contribution in [1.82, 2.24) is 0 Å². The zero-order chi connectivity index (χ0) is 12.8. The van der Waals surface area contributed by atoms with Gasteiger partial charge in [0.25, 0.3) is 0 Å². The van der Waals surface area contributed by atoms with Crippen molar-refractivity contribution in [3.63, 3.8) is 0 Å². The Bertz CT molecular complexity index is 371. The predicted molar refractivity (Wildman–Crippen MR) is 74.8 cm³/mol. The van der Waals surface area contributed by atoms with E-state index in [0.717, 1.165) is 18.4 Å². The molecule has 18 heavy (non-hydrogen) atoms. The summed E-state index contributed by atoms with van der Waals surface area (Å²) in [5.41, 5.74) is 6.91. The summed E-state index contributed by atoms with van der Waals surface area (Å²) >= 11 is 0. The number of benzene rings is 1. The topological polar surface area (TPSA) is 64.7 Å². The van der Waals surface area contributed by atoms with Crippen LogP contribution in [0.4, 0.5) is 0 Å². The van der Waals surface area contributed by atoms with Gasteiger partial charge in [0.05, 0.1) is 14.2 Å². The molecule has 0 fully saturated rings. The lowest BCUT2D eigenvalue weighted by molar-refractivity contribution is 0.338. The molecule has 0 aliphatic rings. The molecule has 0 unspecified atom stereocenters. The Hall–Kier alpha value is -1.39. The van der Waals surface area contributed by atoms with Crippen LogP contribution in [0.15, 0.2) is 24.8 Å². The van der Waals surface area contributed by atoms with Crippen LogP contribution in [0, 0.1) is 0 Å². The molecule has 1 rings (SSSR count). The summed E-state index contributed by atoms with van der Waals surface area (Å²) in [7, 11) is 2.99. The predicted octanol–water partition coefficient (Wildman–Crippen LogP) is 2.80. The van der Waals surface area contributed by atoms with E-state index in [-0.39, 0.29) is 24.2 Å². The van der Waals surface area contributed by atoms with Crippen molar-refractivity contribution >= 4 is 12.4 Å². The summed E-state index contributed by atoms with van der Waals surface area (Å²) in [6.45, 7) is 3.66. The van der Waals surface area contributed by atoms with Gasteiger partial charge in [-0.2, -0.15) is 0 Å². The highest BCUT2D eigenvalue weighted by molar-refractivity contribution is 5.85. The number of methoxy groups -OCH3 is 2. The second kappa shape index (κ2) is 7.84. The summed E-state index contributed by atoms with van der Waals surface area (Å²) in [6.07, 6.45) is 3.46. The fourth-order valence-electron chi connectivity index (χ4n) is 1.59. The zero-order valence-corrected chi connectivity index (χ0v) is 11.5. The minimum atomic E-state index is -0.128. The van der Waals surface area contributed by atoms with E-state index in [2.05, 4.69) is 6.58 Å². The number of phenolic OH excluding ortho intramolecular Hbond substituents is 1. The Morgan fingerprint density at radius 1 is 1.33 bits per heavy atom. The summed E-state index contributed by atoms with van der Waals surface area (Å²) in [6, 6.07) is 3.33. The summed E-state index contributed by atoms with van der Waals surface area (Å²) in [4.78, 5) is 0. The fraction of sp³-hybridized carbons (Fsp3) is 0.385. The molecule has 1 atom stereocenters. The van der Waals surface area contributed by atoms with Crippen molar-refractivity contribution in [2.24, 2.45) is 5.73 Å². The maximum absolute atomic E-state index is 9.76. The molecule has 0 heterocycles. The highest BCUT2D eigenvalue weighted by Gasteiger charge is 2.14. The molecular weight excluding hydrogens is 254 g/mol. The van der Waals surface area contributed by atoms with Gasteiger partial charge in [0.1, 0.15) is 0 Å². The average molecular weight is 274 g/mol. The molecule has 0 aromatic heterocycles. The van der Waals surface area contributed by atoms with E-state index in [0.29, 0.717) is 11.5 Å². The van der Waals surface area contributed by atoms with Crippen LogP contribution in [-0.4, -0.2) is 19.3 Å². The molecular formula is C13H20ClNO3. The number of halogens is 1. The van der Waals surface area contributed by atoms with Crippen molar-refractivity contribution in [3.8, 4) is 17.2 Å². The van der Waals surface area contributed by atoms with E-state index in [1.807, 2.05) is 6.08 Å². The Balaban J connectivity index is 0.00000289. The van der Waals surface area contributed by atoms with Crippen LogP contribution in [-0.2, 0) is 0 Å². The molecule has 0 radical (unpaired) electrons. The number of hydrogen-bond acceptors (Lipinski definition) is 4. The lowest BCUT2D eigenvalue weighted by atomic mass is 10.0. The number of hydrogen-bond donors (Lipinski definition) is 2. The Morgan fingerprint density at radius 2 is 1.83 bits per heavy atom. The van der Waals surface area contributed by atoms with Crippen LogP contribution >= 0.6 is 12.4 Å². The molecule has 0 bridgehead atoms. The molecule has 102 valence electrons. The molecule has 5 heteroatoms. The van der Waals surface area contributed by atoms with Crippen LogP contribution in [0.2, 0.25) is 0 Å². The second-order valence-corrected chi connectivity index (χ2v) is 3.75. The first kappa shape index (κ1) is 16.6. The van der Waals surface area contributed by atoms with Gasteiger partial charge in [0.2, 0.25) is 5.75 Å². The SMILES string of the molecule is C=CCC[C@H](N)c1cc(OC)c(O)c(OC)c1.Cl. The number of allylic oxidation sites excluding steroid dienone is 1. The first-order valence-electron chi connectivity index (χ1n) is 5.45. The van der Waals surface area contributed by atoms with E-state index < -0.39 is 0 Å². The van der Waals surface area contributed by atoms with Crippen LogP contribution in [0.1, 0.15) is 24.4 Å². The van der Waals surface area contributed by atoms with Crippen LogP contribution in [0.5, 0.6) is 17.2 Å². The molecule has 1 aromatic carbocycles. The van der Waals surface area contributed by atoms with Crippen LogP contribution in [0.25, 0.3) is 0 Å². The standard InChI is InChI=1S/C13H19NO3.ClH/c1-4-5-6-10(14)9-7-11(16-2)13(15)12(8-9)17-3;/h4,7-8,10,15H,1,5-6,14H2,2-3H3;1H/t10-;/m0./s1. The number of rotatable bonds is 6. The van der Waals surface area contributed by atoms with Crippen molar-refractivity contribution in [2.75, 3.05) is 14.2 Å². The number of nitrogens with two attached hydrogens (primary N) is 1. The normalized spacial score (nSPS) is 11.3. The summed E-state index contributed by atoms with van der Waals surface area (Å²) in [5.74, 6) is 0.733. The van der Waals surface area contributed by atoms with Gasteiger partial charge in [-0.15, -0.1) is 19.0 Å². The monoisotopic (exact) mass is 273 g/mol. The number of ether oxygens (including phenoxy) is 2. The highest BCUT2D eigenvalue weighted by atomic mass is 35.5. The molecule has 4 nitrogen and oxygen atoms in total. The number of phenols is 1. The minimum Gasteiger partial charge on any atom is -0.502 e. The largest absolute Gasteiger partial charge is 0.502 e. The average Bonchev–Trinajstić information content (AvgIpc) is 2.36. The van der Waals surface area contributed by atoms with Gasteiger partial charge in [-0.25, -0.2) is 0 Å². The minimum absolute atomic E-state index is 0. The summed E-state index contributed by atoms with van der Waals surface area (Å²) in [5, 5.41) is 9.76. The molecule has 0 saturated carbocycles. The second-order valence-electron chi connectivity index (χ2n) is 3.75.